The van der Waals surface area contributed by atoms with E-state index in [9.17, 15) is 9.59 Å². The first-order valence-corrected chi connectivity index (χ1v) is 13.5. The minimum atomic E-state index is -0.397. The van der Waals surface area contributed by atoms with E-state index in [0.717, 1.165) is 53.7 Å². The third-order valence-corrected chi connectivity index (χ3v) is 9.15. The Labute approximate surface area is 214 Å². The summed E-state index contributed by atoms with van der Waals surface area (Å²) >= 11 is 7.47. The van der Waals surface area contributed by atoms with Gasteiger partial charge in [-0.1, -0.05) is 78.6 Å². The van der Waals surface area contributed by atoms with Crippen molar-refractivity contribution in [3.05, 3.63) is 100.0 Å². The van der Waals surface area contributed by atoms with Crippen LogP contribution < -0.4 is 10.5 Å². The van der Waals surface area contributed by atoms with Crippen LogP contribution in [0.3, 0.4) is 0 Å². The van der Waals surface area contributed by atoms with E-state index < -0.39 is 5.25 Å². The fraction of sp³-hybridized carbons (Fsp3) is 0.321. The van der Waals surface area contributed by atoms with Gasteiger partial charge in [-0.05, 0) is 42.0 Å². The molecule has 35 heavy (non-hydrogen) atoms. The van der Waals surface area contributed by atoms with Gasteiger partial charge in [-0.2, -0.15) is 0 Å². The Balaban J connectivity index is 1.25. The van der Waals surface area contributed by atoms with Crippen LogP contribution in [0.2, 0.25) is 0 Å². The Hall–Kier alpha value is -2.90. The number of thioether (sulfide) groups is 1. The summed E-state index contributed by atoms with van der Waals surface area (Å²) in [7, 11) is 0. The van der Waals surface area contributed by atoms with Crippen LogP contribution in [-0.4, -0.2) is 39.3 Å². The second-order valence-corrected chi connectivity index (χ2v) is 11.4. The number of pyridine rings is 1. The number of rotatable bonds is 3. The molecule has 7 heteroatoms. The van der Waals surface area contributed by atoms with Crippen LogP contribution in [-0.2, 0) is 17.8 Å². The number of carbonyl (C=O) groups excluding carboxylic acids is 1. The normalized spacial score (nSPS) is 21.3. The highest BCUT2D eigenvalue weighted by Gasteiger charge is 2.38. The van der Waals surface area contributed by atoms with Crippen LogP contribution in [0.5, 0.6) is 0 Å². The van der Waals surface area contributed by atoms with Gasteiger partial charge in [0.25, 0.3) is 5.56 Å². The van der Waals surface area contributed by atoms with E-state index in [1.54, 1.807) is 6.07 Å². The van der Waals surface area contributed by atoms with E-state index >= 15 is 0 Å². The third-order valence-electron chi connectivity index (χ3n) is 7.44. The average Bonchev–Trinajstić information content (AvgIpc) is 3.32. The number of benzene rings is 2. The molecule has 178 valence electrons. The fourth-order valence-corrected chi connectivity index (χ4v) is 7.28. The molecular weight excluding hydrogens is 474 g/mol. The maximum atomic E-state index is 13.9. The Kier molecular flexibility index (Phi) is 5.98. The smallest absolute Gasteiger partial charge is 0.250 e. The number of aromatic nitrogens is 1. The Morgan fingerprint density at radius 3 is 2.60 bits per heavy atom. The molecule has 1 aromatic heterocycles. The molecular formula is C28H27N3O2S2. The molecule has 1 saturated heterocycles. The van der Waals surface area contributed by atoms with Crippen LogP contribution in [0, 0.1) is 5.92 Å². The molecule has 2 bridgehead atoms. The first-order chi connectivity index (χ1) is 17.1. The van der Waals surface area contributed by atoms with E-state index in [0.29, 0.717) is 12.5 Å². The number of fused-ring (bicyclic) bond motifs is 5. The molecule has 2 aromatic carbocycles. The highest BCUT2D eigenvalue weighted by Crippen LogP contribution is 2.40. The van der Waals surface area contributed by atoms with E-state index in [-0.39, 0.29) is 17.4 Å². The molecule has 0 N–H and O–H groups in total. The number of nitrogens with zero attached hydrogens (tertiary/aromatic N) is 3. The molecule has 0 saturated carbocycles. The van der Waals surface area contributed by atoms with Crippen LogP contribution in [0.25, 0.3) is 0 Å². The van der Waals surface area contributed by atoms with Crippen molar-refractivity contribution in [1.29, 1.82) is 0 Å². The van der Waals surface area contributed by atoms with Gasteiger partial charge in [-0.25, -0.2) is 0 Å². The minimum Gasteiger partial charge on any atom is -0.356 e. The molecule has 6 rings (SSSR count). The van der Waals surface area contributed by atoms with Crippen molar-refractivity contribution < 1.29 is 4.79 Å². The maximum absolute atomic E-state index is 13.9. The third kappa shape index (κ3) is 4.21. The van der Waals surface area contributed by atoms with Gasteiger partial charge >= 0.3 is 0 Å². The lowest BCUT2D eigenvalue weighted by atomic mass is 9.83. The van der Waals surface area contributed by atoms with Gasteiger partial charge in [0.2, 0.25) is 5.91 Å². The van der Waals surface area contributed by atoms with Crippen molar-refractivity contribution >= 4 is 39.9 Å². The molecule has 1 amide bonds. The second-order valence-electron chi connectivity index (χ2n) is 9.65. The van der Waals surface area contributed by atoms with Gasteiger partial charge in [0.1, 0.15) is 9.57 Å². The SMILES string of the molecule is O=C([C@H](SC(=S)N1C[C@H]2C[C@@H](C1)c1cccc(=O)n1C2)c1ccccc1)N1CCc2ccccc21. The van der Waals surface area contributed by atoms with Crippen LogP contribution in [0.4, 0.5) is 5.69 Å². The van der Waals surface area contributed by atoms with E-state index in [1.165, 1.54) is 17.3 Å². The predicted octanol–water partition coefficient (Wildman–Crippen LogP) is 4.62. The van der Waals surface area contributed by atoms with Crippen molar-refractivity contribution in [3.8, 4) is 0 Å². The molecule has 3 aromatic rings. The number of piperidine rings is 1. The van der Waals surface area contributed by atoms with Crippen molar-refractivity contribution in [1.82, 2.24) is 9.47 Å². The summed E-state index contributed by atoms with van der Waals surface area (Å²) in [4.78, 5) is 30.5. The molecule has 3 atom stereocenters. The lowest BCUT2D eigenvalue weighted by molar-refractivity contribution is -0.118. The van der Waals surface area contributed by atoms with Gasteiger partial charge < -0.3 is 14.4 Å². The van der Waals surface area contributed by atoms with Crippen LogP contribution in [0.15, 0.2) is 77.6 Å². The first-order valence-electron chi connectivity index (χ1n) is 12.2. The number of hydrogen-bond acceptors (Lipinski definition) is 4. The van der Waals surface area contributed by atoms with Gasteiger partial charge in [0.15, 0.2) is 0 Å². The van der Waals surface area contributed by atoms with E-state index in [2.05, 4.69) is 17.0 Å². The minimum absolute atomic E-state index is 0.0857. The molecule has 0 spiro atoms. The van der Waals surface area contributed by atoms with Crippen molar-refractivity contribution in [2.24, 2.45) is 5.92 Å². The average molecular weight is 502 g/mol. The van der Waals surface area contributed by atoms with Crippen LogP contribution in [0.1, 0.15) is 34.4 Å². The summed E-state index contributed by atoms with van der Waals surface area (Å²) in [5, 5.41) is -0.397. The standard InChI is InChI=1S/C28H27N3O2S2/c32-25-12-6-11-24-22-15-19(17-31(24)25)16-29(18-22)28(34)35-26(21-8-2-1-3-9-21)27(33)30-14-13-20-7-4-5-10-23(20)30/h1-12,19,22,26H,13-18H2/t19-,22+,26-/m1/s1. The zero-order chi connectivity index (χ0) is 23.9. The van der Waals surface area contributed by atoms with Crippen LogP contribution >= 0.6 is 24.0 Å². The monoisotopic (exact) mass is 501 g/mol. The highest BCUT2D eigenvalue weighted by molar-refractivity contribution is 8.23. The van der Waals surface area contributed by atoms with E-state index in [4.69, 9.17) is 12.2 Å². The Bertz CT molecular complexity index is 1340. The lowest BCUT2D eigenvalue weighted by Gasteiger charge is -2.43. The number of carbonyl (C=O) groups is 1. The second kappa shape index (κ2) is 9.28. The number of thiocarbonyl (C=S) groups is 1. The van der Waals surface area contributed by atoms with Crippen molar-refractivity contribution in [2.75, 3.05) is 24.5 Å². The molecule has 0 unspecified atom stereocenters. The summed E-state index contributed by atoms with van der Waals surface area (Å²) in [6, 6.07) is 23.7. The van der Waals surface area contributed by atoms with Crippen molar-refractivity contribution in [2.45, 2.75) is 30.6 Å². The summed E-state index contributed by atoms with van der Waals surface area (Å²) in [5.74, 6) is 0.755. The molecule has 0 radical (unpaired) electrons. The van der Waals surface area contributed by atoms with Gasteiger partial charge in [0, 0.05) is 49.5 Å². The predicted molar refractivity (Wildman–Crippen MR) is 145 cm³/mol. The molecule has 1 fully saturated rings. The molecule has 0 aliphatic carbocycles. The Morgan fingerprint density at radius 2 is 1.74 bits per heavy atom. The van der Waals surface area contributed by atoms with Crippen molar-refractivity contribution in [3.63, 3.8) is 0 Å². The first kappa shape index (κ1) is 22.6. The summed E-state index contributed by atoms with van der Waals surface area (Å²) in [5.41, 5.74) is 4.40. The van der Waals surface area contributed by atoms with Gasteiger partial charge in [-0.15, -0.1) is 0 Å². The quantitative estimate of drug-likeness (QED) is 0.490. The number of para-hydroxylation sites is 1. The molecule has 3 aliphatic rings. The maximum Gasteiger partial charge on any atom is 0.250 e. The number of hydrogen-bond donors (Lipinski definition) is 0. The molecule has 3 aliphatic heterocycles. The highest BCUT2D eigenvalue weighted by atomic mass is 32.2. The summed E-state index contributed by atoms with van der Waals surface area (Å²) in [6.45, 7) is 3.05. The zero-order valence-electron chi connectivity index (χ0n) is 19.4. The molecule has 5 nitrogen and oxygen atoms in total. The number of anilines is 1. The molecule has 4 heterocycles. The zero-order valence-corrected chi connectivity index (χ0v) is 21.0. The lowest BCUT2D eigenvalue weighted by Crippen LogP contribution is -2.48. The Morgan fingerprint density at radius 1 is 0.943 bits per heavy atom. The number of likely N-dealkylation sites (tertiary alicyclic amines) is 1. The van der Waals surface area contributed by atoms with Gasteiger partial charge in [-0.3, -0.25) is 9.59 Å². The number of amides is 1. The largest absolute Gasteiger partial charge is 0.356 e. The summed E-state index contributed by atoms with van der Waals surface area (Å²) < 4.78 is 2.70. The van der Waals surface area contributed by atoms with Gasteiger partial charge in [0.05, 0.1) is 0 Å². The van der Waals surface area contributed by atoms with E-state index in [1.807, 2.05) is 64.1 Å². The summed E-state index contributed by atoms with van der Waals surface area (Å²) in [6.07, 6.45) is 1.96. The fourth-order valence-electron chi connectivity index (χ4n) is 5.82. The topological polar surface area (TPSA) is 45.6 Å².